The zero-order valence-electron chi connectivity index (χ0n) is 9.86. The predicted molar refractivity (Wildman–Crippen MR) is 60.9 cm³/mol. The highest BCUT2D eigenvalue weighted by Crippen LogP contribution is 2.11. The Hall–Kier alpha value is -1.36. The topological polar surface area (TPSA) is 50.2 Å². The van der Waals surface area contributed by atoms with E-state index in [2.05, 4.69) is 17.3 Å². The normalized spacial score (nSPS) is 16.9. The molecule has 1 amide bonds. The summed E-state index contributed by atoms with van der Waals surface area (Å²) in [5, 5.41) is 7.48. The molecule has 0 unspecified atom stereocenters. The Morgan fingerprint density at radius 2 is 2.38 bits per heavy atom. The van der Waals surface area contributed by atoms with Gasteiger partial charge in [-0.05, 0) is 12.0 Å². The standard InChI is InChI=1S/C11H18N4O/c1-3-9-7-14(2)13-10(9)8-15-5-4-12-6-11(15)16/h7,12H,3-6,8H2,1-2H3. The fourth-order valence-corrected chi connectivity index (χ4v) is 2.01. The molecule has 1 aromatic rings. The number of rotatable bonds is 3. The Kier molecular flexibility index (Phi) is 3.24. The number of hydrogen-bond acceptors (Lipinski definition) is 3. The van der Waals surface area contributed by atoms with Crippen LogP contribution in [0.3, 0.4) is 0 Å². The van der Waals surface area contributed by atoms with Gasteiger partial charge in [-0.1, -0.05) is 6.92 Å². The van der Waals surface area contributed by atoms with Crippen LogP contribution in [0.2, 0.25) is 0 Å². The molecule has 0 saturated carbocycles. The van der Waals surface area contributed by atoms with E-state index < -0.39 is 0 Å². The molecule has 5 nitrogen and oxygen atoms in total. The molecule has 0 aromatic carbocycles. The van der Waals surface area contributed by atoms with Gasteiger partial charge in [0.2, 0.25) is 5.91 Å². The van der Waals surface area contributed by atoms with Gasteiger partial charge in [-0.3, -0.25) is 9.48 Å². The molecule has 0 atom stereocenters. The van der Waals surface area contributed by atoms with E-state index in [1.165, 1.54) is 5.56 Å². The molecule has 1 fully saturated rings. The summed E-state index contributed by atoms with van der Waals surface area (Å²) < 4.78 is 1.82. The van der Waals surface area contributed by atoms with Gasteiger partial charge in [-0.15, -0.1) is 0 Å². The molecule has 1 saturated heterocycles. The second-order valence-electron chi connectivity index (χ2n) is 4.12. The van der Waals surface area contributed by atoms with Crippen molar-refractivity contribution in [3.8, 4) is 0 Å². The van der Waals surface area contributed by atoms with Crippen molar-refractivity contribution in [2.24, 2.45) is 7.05 Å². The van der Waals surface area contributed by atoms with Crippen molar-refractivity contribution in [2.45, 2.75) is 19.9 Å². The third kappa shape index (κ3) is 2.24. The van der Waals surface area contributed by atoms with E-state index >= 15 is 0 Å². The van der Waals surface area contributed by atoms with Crippen LogP contribution < -0.4 is 5.32 Å². The number of hydrogen-bond donors (Lipinski definition) is 1. The Labute approximate surface area is 95.4 Å². The first-order valence-corrected chi connectivity index (χ1v) is 5.70. The van der Waals surface area contributed by atoms with Crippen molar-refractivity contribution in [1.29, 1.82) is 0 Å². The van der Waals surface area contributed by atoms with Crippen LogP contribution in [0.4, 0.5) is 0 Å². The van der Waals surface area contributed by atoms with E-state index in [0.29, 0.717) is 13.1 Å². The Morgan fingerprint density at radius 3 is 3.06 bits per heavy atom. The average molecular weight is 222 g/mol. The first-order chi connectivity index (χ1) is 7.70. The molecule has 0 spiro atoms. The van der Waals surface area contributed by atoms with E-state index in [4.69, 9.17) is 0 Å². The van der Waals surface area contributed by atoms with Gasteiger partial charge < -0.3 is 10.2 Å². The van der Waals surface area contributed by atoms with Crippen molar-refractivity contribution in [3.05, 3.63) is 17.5 Å². The van der Waals surface area contributed by atoms with Crippen LogP contribution in [0, 0.1) is 0 Å². The number of aryl methyl sites for hydroxylation is 2. The van der Waals surface area contributed by atoms with Crippen LogP contribution in [0.15, 0.2) is 6.20 Å². The maximum atomic E-state index is 11.6. The summed E-state index contributed by atoms with van der Waals surface area (Å²) in [6, 6.07) is 0. The highest BCUT2D eigenvalue weighted by molar-refractivity contribution is 5.78. The number of aromatic nitrogens is 2. The van der Waals surface area contributed by atoms with Crippen LogP contribution in [0.1, 0.15) is 18.2 Å². The first kappa shape index (κ1) is 11.1. The average Bonchev–Trinajstić information content (AvgIpc) is 2.62. The molecule has 1 aromatic heterocycles. The number of amides is 1. The second kappa shape index (κ2) is 4.65. The second-order valence-corrected chi connectivity index (χ2v) is 4.12. The summed E-state index contributed by atoms with van der Waals surface area (Å²) in [5.41, 5.74) is 2.26. The molecule has 16 heavy (non-hydrogen) atoms. The maximum Gasteiger partial charge on any atom is 0.236 e. The lowest BCUT2D eigenvalue weighted by molar-refractivity contribution is -0.132. The lowest BCUT2D eigenvalue weighted by atomic mass is 10.2. The van der Waals surface area contributed by atoms with Gasteiger partial charge in [0.05, 0.1) is 18.8 Å². The van der Waals surface area contributed by atoms with Crippen LogP contribution >= 0.6 is 0 Å². The maximum absolute atomic E-state index is 11.6. The molecule has 1 N–H and O–H groups in total. The van der Waals surface area contributed by atoms with Gasteiger partial charge in [0, 0.05) is 26.3 Å². The zero-order chi connectivity index (χ0) is 11.5. The molecule has 0 radical (unpaired) electrons. The van der Waals surface area contributed by atoms with E-state index in [9.17, 15) is 4.79 Å². The summed E-state index contributed by atoms with van der Waals surface area (Å²) in [4.78, 5) is 13.5. The molecule has 0 aliphatic carbocycles. The zero-order valence-corrected chi connectivity index (χ0v) is 9.86. The quantitative estimate of drug-likeness (QED) is 0.778. The molecular weight excluding hydrogens is 204 g/mol. The van der Waals surface area contributed by atoms with Gasteiger partial charge in [0.1, 0.15) is 0 Å². The van der Waals surface area contributed by atoms with Gasteiger partial charge in [-0.2, -0.15) is 5.10 Å². The smallest absolute Gasteiger partial charge is 0.236 e. The third-order valence-corrected chi connectivity index (χ3v) is 2.90. The van der Waals surface area contributed by atoms with Gasteiger partial charge >= 0.3 is 0 Å². The Morgan fingerprint density at radius 1 is 1.56 bits per heavy atom. The minimum absolute atomic E-state index is 0.166. The summed E-state index contributed by atoms with van der Waals surface area (Å²) in [6.07, 6.45) is 2.99. The molecule has 5 heteroatoms. The Balaban J connectivity index is 2.09. The summed E-state index contributed by atoms with van der Waals surface area (Å²) in [7, 11) is 1.92. The van der Waals surface area contributed by atoms with E-state index in [1.807, 2.05) is 22.8 Å². The fraction of sp³-hybridized carbons (Fsp3) is 0.636. The fourth-order valence-electron chi connectivity index (χ4n) is 2.01. The summed E-state index contributed by atoms with van der Waals surface area (Å²) >= 11 is 0. The molecule has 1 aliphatic heterocycles. The summed E-state index contributed by atoms with van der Waals surface area (Å²) in [6.45, 7) is 4.86. The number of nitrogens with zero attached hydrogens (tertiary/aromatic N) is 3. The lowest BCUT2D eigenvalue weighted by Crippen LogP contribution is -2.47. The summed E-state index contributed by atoms with van der Waals surface area (Å²) in [5.74, 6) is 0.166. The number of nitrogens with one attached hydrogen (secondary N) is 1. The monoisotopic (exact) mass is 222 g/mol. The van der Waals surface area contributed by atoms with Crippen molar-refractivity contribution in [3.63, 3.8) is 0 Å². The van der Waals surface area contributed by atoms with E-state index in [0.717, 1.165) is 25.2 Å². The largest absolute Gasteiger partial charge is 0.334 e. The molecule has 0 bridgehead atoms. The van der Waals surface area contributed by atoms with Crippen molar-refractivity contribution in [2.75, 3.05) is 19.6 Å². The van der Waals surface area contributed by atoms with Crippen LogP contribution in [0.25, 0.3) is 0 Å². The number of carbonyl (C=O) groups excluding carboxylic acids is 1. The highest BCUT2D eigenvalue weighted by Gasteiger charge is 2.19. The molecule has 2 rings (SSSR count). The lowest BCUT2D eigenvalue weighted by Gasteiger charge is -2.26. The first-order valence-electron chi connectivity index (χ1n) is 5.70. The van der Waals surface area contributed by atoms with Crippen molar-refractivity contribution >= 4 is 5.91 Å². The van der Waals surface area contributed by atoms with E-state index in [1.54, 1.807) is 0 Å². The van der Waals surface area contributed by atoms with Crippen LogP contribution in [-0.2, 0) is 24.8 Å². The third-order valence-electron chi connectivity index (χ3n) is 2.90. The minimum atomic E-state index is 0.166. The van der Waals surface area contributed by atoms with Crippen molar-refractivity contribution in [1.82, 2.24) is 20.0 Å². The van der Waals surface area contributed by atoms with Crippen LogP contribution in [0.5, 0.6) is 0 Å². The van der Waals surface area contributed by atoms with Gasteiger partial charge in [-0.25, -0.2) is 0 Å². The molecule has 88 valence electrons. The predicted octanol–water partition coefficient (Wildman–Crippen LogP) is -0.0857. The molecule has 1 aliphatic rings. The van der Waals surface area contributed by atoms with Gasteiger partial charge in [0.25, 0.3) is 0 Å². The van der Waals surface area contributed by atoms with Crippen molar-refractivity contribution < 1.29 is 4.79 Å². The van der Waals surface area contributed by atoms with E-state index in [-0.39, 0.29) is 5.91 Å². The SMILES string of the molecule is CCc1cn(C)nc1CN1CCNCC1=O. The molecule has 2 heterocycles. The highest BCUT2D eigenvalue weighted by atomic mass is 16.2. The minimum Gasteiger partial charge on any atom is -0.334 e. The Bertz CT molecular complexity index is 385. The van der Waals surface area contributed by atoms with Gasteiger partial charge in [0.15, 0.2) is 0 Å². The number of piperazine rings is 1. The molecular formula is C11H18N4O. The van der Waals surface area contributed by atoms with Crippen LogP contribution in [-0.4, -0.2) is 40.2 Å². The number of carbonyl (C=O) groups is 1.